The van der Waals surface area contributed by atoms with Crippen molar-refractivity contribution in [2.45, 2.75) is 64.6 Å². The molecule has 1 aromatic heterocycles. The van der Waals surface area contributed by atoms with Crippen LogP contribution in [0.25, 0.3) is 0 Å². The number of carbonyl (C=O) groups excluding carboxylic acids is 1. The Labute approximate surface area is 193 Å². The topological polar surface area (TPSA) is 56.2 Å². The SMILES string of the molecule is CCC(NC(=O)c1ccn(COc2c(Cl)cccc2Cl)n1)C12CC3CC(CC(C3)C1)C2. The quantitative estimate of drug-likeness (QED) is 0.553. The maximum atomic E-state index is 13.0. The van der Waals surface area contributed by atoms with Gasteiger partial charge in [0.1, 0.15) is 5.69 Å². The highest BCUT2D eigenvalue weighted by atomic mass is 35.5. The minimum absolute atomic E-state index is 0.0999. The van der Waals surface area contributed by atoms with Crippen LogP contribution in [-0.2, 0) is 6.73 Å². The van der Waals surface area contributed by atoms with E-state index in [1.807, 2.05) is 0 Å². The van der Waals surface area contributed by atoms with Crippen LogP contribution in [0.1, 0.15) is 62.4 Å². The lowest BCUT2D eigenvalue weighted by atomic mass is 9.47. The Morgan fingerprint density at radius 1 is 1.16 bits per heavy atom. The lowest BCUT2D eigenvalue weighted by Crippen LogP contribution is -2.56. The Morgan fingerprint density at radius 2 is 1.77 bits per heavy atom. The molecule has 0 saturated heterocycles. The van der Waals surface area contributed by atoms with Crippen LogP contribution < -0.4 is 10.1 Å². The number of hydrogen-bond donors (Lipinski definition) is 1. The lowest BCUT2D eigenvalue weighted by Gasteiger charge is -2.59. The van der Waals surface area contributed by atoms with Gasteiger partial charge in [0.05, 0.1) is 10.0 Å². The molecule has 4 aliphatic carbocycles. The summed E-state index contributed by atoms with van der Waals surface area (Å²) in [5.41, 5.74) is 0.697. The van der Waals surface area contributed by atoms with Crippen molar-refractivity contribution in [2.24, 2.45) is 23.2 Å². The van der Waals surface area contributed by atoms with Gasteiger partial charge in [-0.2, -0.15) is 5.10 Å². The van der Waals surface area contributed by atoms with Crippen LogP contribution in [0.4, 0.5) is 0 Å². The molecule has 2 aromatic rings. The van der Waals surface area contributed by atoms with E-state index in [4.69, 9.17) is 27.9 Å². The smallest absolute Gasteiger partial charge is 0.272 e. The molecule has 1 heterocycles. The molecule has 0 aliphatic heterocycles. The van der Waals surface area contributed by atoms with Crippen LogP contribution in [-0.4, -0.2) is 21.7 Å². The van der Waals surface area contributed by atoms with Gasteiger partial charge in [-0.05, 0) is 86.3 Å². The first-order chi connectivity index (χ1) is 15.0. The summed E-state index contributed by atoms with van der Waals surface area (Å²) in [6.45, 7) is 2.33. The first kappa shape index (κ1) is 21.1. The molecular formula is C24H29Cl2N3O2. The molecule has 7 heteroatoms. The number of rotatable bonds is 7. The number of amides is 1. The second-order valence-electron chi connectivity index (χ2n) is 9.78. The summed E-state index contributed by atoms with van der Waals surface area (Å²) < 4.78 is 7.30. The predicted molar refractivity (Wildman–Crippen MR) is 121 cm³/mol. The van der Waals surface area contributed by atoms with Crippen LogP contribution in [0.3, 0.4) is 0 Å². The van der Waals surface area contributed by atoms with Gasteiger partial charge in [-0.25, -0.2) is 4.68 Å². The van der Waals surface area contributed by atoms with Gasteiger partial charge in [-0.1, -0.05) is 36.2 Å². The normalized spacial score (nSPS) is 29.7. The fourth-order valence-corrected chi connectivity index (χ4v) is 7.34. The van der Waals surface area contributed by atoms with Crippen LogP contribution in [0.5, 0.6) is 5.75 Å². The summed E-state index contributed by atoms with van der Waals surface area (Å²) in [6.07, 6.45) is 10.8. The molecule has 6 rings (SSSR count). The third-order valence-electron chi connectivity index (χ3n) is 7.67. The van der Waals surface area contributed by atoms with Gasteiger partial charge in [-0.15, -0.1) is 0 Å². The number of aromatic nitrogens is 2. The van der Waals surface area contributed by atoms with Crippen LogP contribution in [0.2, 0.25) is 10.0 Å². The molecule has 166 valence electrons. The van der Waals surface area contributed by atoms with Gasteiger partial charge in [0.2, 0.25) is 0 Å². The van der Waals surface area contributed by atoms with E-state index in [2.05, 4.69) is 17.3 Å². The molecule has 4 aliphatic rings. The van der Waals surface area contributed by atoms with Crippen molar-refractivity contribution in [3.63, 3.8) is 0 Å². The Balaban J connectivity index is 1.24. The summed E-state index contributed by atoms with van der Waals surface area (Å²) in [6, 6.07) is 7.16. The monoisotopic (exact) mass is 461 g/mol. The lowest BCUT2D eigenvalue weighted by molar-refractivity contribution is -0.0727. The molecule has 0 spiro atoms. The summed E-state index contributed by atoms with van der Waals surface area (Å²) in [5.74, 6) is 2.91. The van der Waals surface area contributed by atoms with Crippen molar-refractivity contribution in [1.29, 1.82) is 0 Å². The molecule has 4 saturated carbocycles. The second kappa shape index (κ2) is 8.32. The van der Waals surface area contributed by atoms with Gasteiger partial charge in [0.15, 0.2) is 12.5 Å². The summed E-state index contributed by atoms with van der Waals surface area (Å²) in [5, 5.41) is 8.65. The maximum absolute atomic E-state index is 13.0. The molecule has 5 nitrogen and oxygen atoms in total. The number of halogens is 2. The third kappa shape index (κ3) is 4.07. The first-order valence-electron chi connectivity index (χ1n) is 11.4. The van der Waals surface area contributed by atoms with Gasteiger partial charge in [-0.3, -0.25) is 4.79 Å². The number of benzene rings is 1. The highest BCUT2D eigenvalue weighted by Crippen LogP contribution is 2.61. The van der Waals surface area contributed by atoms with Crippen molar-refractivity contribution in [2.75, 3.05) is 0 Å². The fraction of sp³-hybridized carbons (Fsp3) is 0.583. The average molecular weight is 462 g/mol. The zero-order valence-electron chi connectivity index (χ0n) is 17.8. The minimum Gasteiger partial charge on any atom is -0.468 e. The van der Waals surface area contributed by atoms with Crippen molar-refractivity contribution in [1.82, 2.24) is 15.1 Å². The van der Waals surface area contributed by atoms with E-state index in [-0.39, 0.29) is 24.1 Å². The highest BCUT2D eigenvalue weighted by molar-refractivity contribution is 6.37. The standard InChI is InChI=1S/C24H29Cl2N3O2/c1-2-21(24-11-15-8-16(12-24)10-17(9-15)13-24)27-23(30)20-6-7-29(28-20)14-31-22-18(25)4-3-5-19(22)26/h3-7,15-17,21H,2,8-14H2,1H3,(H,27,30). The molecule has 4 fully saturated rings. The van der Waals surface area contributed by atoms with E-state index >= 15 is 0 Å². The number of carbonyl (C=O) groups is 1. The third-order valence-corrected chi connectivity index (χ3v) is 8.27. The van der Waals surface area contributed by atoms with E-state index in [1.165, 1.54) is 38.5 Å². The Bertz CT molecular complexity index is 918. The predicted octanol–water partition coefficient (Wildman–Crippen LogP) is 5.95. The van der Waals surface area contributed by atoms with Crippen LogP contribution in [0, 0.1) is 23.2 Å². The molecule has 1 atom stereocenters. The number of para-hydroxylation sites is 1. The molecule has 1 amide bonds. The number of nitrogens with one attached hydrogen (secondary N) is 1. The van der Waals surface area contributed by atoms with Crippen LogP contribution in [0.15, 0.2) is 30.5 Å². The molecule has 1 unspecified atom stereocenters. The Morgan fingerprint density at radius 3 is 2.35 bits per heavy atom. The minimum atomic E-state index is -0.0999. The molecule has 0 radical (unpaired) electrons. The average Bonchev–Trinajstić information content (AvgIpc) is 3.19. The Kier molecular flexibility index (Phi) is 5.68. The largest absolute Gasteiger partial charge is 0.468 e. The zero-order chi connectivity index (χ0) is 21.6. The van der Waals surface area contributed by atoms with E-state index in [1.54, 1.807) is 35.1 Å². The second-order valence-corrected chi connectivity index (χ2v) is 10.6. The van der Waals surface area contributed by atoms with Crippen molar-refractivity contribution in [3.05, 3.63) is 46.2 Å². The molecule has 31 heavy (non-hydrogen) atoms. The first-order valence-corrected chi connectivity index (χ1v) is 12.1. The van der Waals surface area contributed by atoms with Crippen molar-refractivity contribution < 1.29 is 9.53 Å². The van der Waals surface area contributed by atoms with E-state index in [0.29, 0.717) is 21.5 Å². The van der Waals surface area contributed by atoms with Gasteiger partial charge in [0.25, 0.3) is 5.91 Å². The summed E-state index contributed by atoms with van der Waals surface area (Å²) in [7, 11) is 0. The number of nitrogens with zero attached hydrogens (tertiary/aromatic N) is 2. The van der Waals surface area contributed by atoms with Gasteiger partial charge < -0.3 is 10.1 Å². The van der Waals surface area contributed by atoms with E-state index in [9.17, 15) is 4.79 Å². The molecular weight excluding hydrogens is 433 g/mol. The van der Waals surface area contributed by atoms with Crippen molar-refractivity contribution in [3.8, 4) is 5.75 Å². The molecule has 4 bridgehead atoms. The summed E-state index contributed by atoms with van der Waals surface area (Å²) in [4.78, 5) is 13.0. The molecule has 1 N–H and O–H groups in total. The maximum Gasteiger partial charge on any atom is 0.272 e. The number of ether oxygens (including phenoxy) is 1. The Hall–Kier alpha value is -1.72. The summed E-state index contributed by atoms with van der Waals surface area (Å²) >= 11 is 12.3. The molecule has 1 aromatic carbocycles. The van der Waals surface area contributed by atoms with Gasteiger partial charge >= 0.3 is 0 Å². The fourth-order valence-electron chi connectivity index (χ4n) is 6.83. The van der Waals surface area contributed by atoms with Gasteiger partial charge in [0, 0.05) is 12.2 Å². The van der Waals surface area contributed by atoms with Crippen LogP contribution >= 0.6 is 23.2 Å². The highest BCUT2D eigenvalue weighted by Gasteiger charge is 2.54. The number of hydrogen-bond acceptors (Lipinski definition) is 3. The van der Waals surface area contributed by atoms with Crippen molar-refractivity contribution >= 4 is 29.1 Å². The zero-order valence-corrected chi connectivity index (χ0v) is 19.3. The van der Waals surface area contributed by atoms with E-state index < -0.39 is 0 Å². The van der Waals surface area contributed by atoms with E-state index in [0.717, 1.165) is 24.2 Å².